The highest BCUT2D eigenvalue weighted by molar-refractivity contribution is 6.76. The van der Waals surface area contributed by atoms with Crippen LogP contribution >= 0.6 is 0 Å². The molecule has 3 aromatic heterocycles. The van der Waals surface area contributed by atoms with Crippen LogP contribution in [0.4, 0.5) is 10.6 Å². The Hall–Kier alpha value is -3.33. The van der Waals surface area contributed by atoms with Crippen molar-refractivity contribution in [1.29, 1.82) is 0 Å². The zero-order chi connectivity index (χ0) is 34.7. The summed E-state index contributed by atoms with van der Waals surface area (Å²) in [6, 6.07) is 14.5. The lowest BCUT2D eigenvalue weighted by atomic mass is 10.0. The standard InChI is InChI=1S/C36H54N6O4Si2/c1-36(2,3)46-35(43)40-15-14-28(24-40)32-21-33(41(25-44-16-18-47(4,5)6)26-45-17-19-48(7,8)9)42-34(39-32)30(23-38-42)29-20-27-12-10-11-13-31(27)37-22-29/h10-13,20-23,28H,14-19,24-26H2,1-9H3. The molecule has 10 nitrogen and oxygen atoms in total. The number of benzene rings is 1. The van der Waals surface area contributed by atoms with Crippen LogP contribution in [0, 0.1) is 0 Å². The normalized spacial score (nSPS) is 15.9. The van der Waals surface area contributed by atoms with E-state index in [0.29, 0.717) is 39.8 Å². The lowest BCUT2D eigenvalue weighted by molar-refractivity contribution is 0.0292. The van der Waals surface area contributed by atoms with Crippen LogP contribution in [0.3, 0.4) is 0 Å². The molecule has 1 saturated heterocycles. The highest BCUT2D eigenvalue weighted by atomic mass is 28.3. The number of rotatable bonds is 13. The summed E-state index contributed by atoms with van der Waals surface area (Å²) in [7, 11) is -2.52. The molecule has 1 amide bonds. The SMILES string of the molecule is CC(C)(C)OC(=O)N1CCC(c2cc(N(COCC[Si](C)(C)C)COCC[Si](C)(C)C)n3ncc(-c4cnc5ccccc5c4)c3n2)C1. The summed E-state index contributed by atoms with van der Waals surface area (Å²) >= 11 is 0. The number of aromatic nitrogens is 4. The first-order valence-corrected chi connectivity index (χ1v) is 24.6. The predicted molar refractivity (Wildman–Crippen MR) is 199 cm³/mol. The van der Waals surface area contributed by atoms with Crippen LogP contribution in [0.5, 0.6) is 0 Å². The van der Waals surface area contributed by atoms with E-state index in [-0.39, 0.29) is 12.0 Å². The number of carbonyl (C=O) groups excluding carboxylic acids is 1. The van der Waals surface area contributed by atoms with Gasteiger partial charge in [-0.15, -0.1) is 0 Å². The molecular formula is C36H54N6O4Si2. The Bertz CT molecular complexity index is 1690. The number of likely N-dealkylation sites (tertiary alicyclic amines) is 1. The average molecular weight is 691 g/mol. The van der Waals surface area contributed by atoms with Gasteiger partial charge in [-0.25, -0.2) is 9.78 Å². The van der Waals surface area contributed by atoms with Gasteiger partial charge < -0.3 is 24.0 Å². The summed E-state index contributed by atoms with van der Waals surface area (Å²) in [5.74, 6) is 0.896. The smallest absolute Gasteiger partial charge is 0.410 e. The van der Waals surface area contributed by atoms with E-state index in [1.54, 1.807) is 4.90 Å². The van der Waals surface area contributed by atoms with Crippen LogP contribution in [-0.2, 0) is 14.2 Å². The van der Waals surface area contributed by atoms with Gasteiger partial charge in [0.05, 0.1) is 17.4 Å². The molecule has 0 aliphatic carbocycles. The van der Waals surface area contributed by atoms with Crippen LogP contribution < -0.4 is 4.90 Å². The zero-order valence-corrected chi connectivity index (χ0v) is 32.4. The number of para-hydroxylation sites is 1. The number of nitrogens with zero attached hydrogens (tertiary/aromatic N) is 6. The predicted octanol–water partition coefficient (Wildman–Crippen LogP) is 8.10. The molecule has 0 spiro atoms. The molecule has 0 bridgehead atoms. The summed E-state index contributed by atoms with van der Waals surface area (Å²) in [5.41, 5.74) is 3.89. The van der Waals surface area contributed by atoms with Gasteiger partial charge in [0.15, 0.2) is 5.65 Å². The summed E-state index contributed by atoms with van der Waals surface area (Å²) in [6.07, 6.45) is 4.28. The minimum atomic E-state index is -1.26. The molecule has 1 unspecified atom stereocenters. The second-order valence-electron chi connectivity index (χ2n) is 16.4. The highest BCUT2D eigenvalue weighted by Gasteiger charge is 2.32. The van der Waals surface area contributed by atoms with E-state index < -0.39 is 21.7 Å². The van der Waals surface area contributed by atoms with E-state index in [4.69, 9.17) is 29.3 Å². The second kappa shape index (κ2) is 14.7. The van der Waals surface area contributed by atoms with Gasteiger partial charge in [-0.3, -0.25) is 4.98 Å². The first-order chi connectivity index (χ1) is 22.6. The Morgan fingerprint density at radius 1 is 0.958 bits per heavy atom. The van der Waals surface area contributed by atoms with Gasteiger partial charge in [0, 0.05) is 77.1 Å². The molecule has 1 atom stereocenters. The van der Waals surface area contributed by atoms with E-state index >= 15 is 0 Å². The summed E-state index contributed by atoms with van der Waals surface area (Å²) in [4.78, 5) is 26.9. The third-order valence-electron chi connectivity index (χ3n) is 8.44. The third kappa shape index (κ3) is 9.64. The fourth-order valence-corrected chi connectivity index (χ4v) is 7.10. The monoisotopic (exact) mass is 690 g/mol. The molecule has 0 saturated carbocycles. The molecule has 5 rings (SSSR count). The van der Waals surface area contributed by atoms with Crippen molar-refractivity contribution in [1.82, 2.24) is 24.5 Å². The van der Waals surface area contributed by atoms with Crippen LogP contribution in [0.2, 0.25) is 51.4 Å². The average Bonchev–Trinajstić information content (AvgIpc) is 3.66. The molecule has 4 aromatic rings. The van der Waals surface area contributed by atoms with Crippen LogP contribution in [0.25, 0.3) is 27.7 Å². The molecule has 1 fully saturated rings. The minimum absolute atomic E-state index is 0.0428. The number of pyridine rings is 1. The first kappa shape index (κ1) is 36.0. The van der Waals surface area contributed by atoms with Gasteiger partial charge in [-0.2, -0.15) is 9.61 Å². The maximum Gasteiger partial charge on any atom is 0.410 e. The summed E-state index contributed by atoms with van der Waals surface area (Å²) < 4.78 is 20.2. The van der Waals surface area contributed by atoms with Gasteiger partial charge in [0.2, 0.25) is 0 Å². The molecule has 4 heterocycles. The molecule has 260 valence electrons. The van der Waals surface area contributed by atoms with Crippen molar-refractivity contribution in [2.24, 2.45) is 0 Å². The van der Waals surface area contributed by atoms with E-state index in [1.807, 2.05) is 55.9 Å². The Balaban J connectivity index is 1.53. The van der Waals surface area contributed by atoms with Crippen LogP contribution in [0.15, 0.2) is 48.8 Å². The van der Waals surface area contributed by atoms with E-state index in [9.17, 15) is 4.79 Å². The molecule has 0 N–H and O–H groups in total. The van der Waals surface area contributed by atoms with E-state index in [1.165, 1.54) is 0 Å². The fraction of sp³-hybridized carbons (Fsp3) is 0.556. The van der Waals surface area contributed by atoms with Crippen LogP contribution in [-0.4, -0.2) is 92.1 Å². The van der Waals surface area contributed by atoms with Gasteiger partial charge in [0.1, 0.15) is 24.9 Å². The summed E-state index contributed by atoms with van der Waals surface area (Å²) in [5, 5.41) is 5.94. The lowest BCUT2D eigenvalue weighted by Gasteiger charge is -2.27. The number of hydrogen-bond donors (Lipinski definition) is 0. The first-order valence-electron chi connectivity index (χ1n) is 17.2. The molecular weight excluding hydrogens is 637 g/mol. The van der Waals surface area contributed by atoms with Gasteiger partial charge in [-0.05, 0) is 51.4 Å². The van der Waals surface area contributed by atoms with Crippen molar-refractivity contribution in [3.63, 3.8) is 0 Å². The Kier molecular flexibility index (Phi) is 11.0. The third-order valence-corrected chi connectivity index (χ3v) is 11.9. The molecule has 1 aromatic carbocycles. The van der Waals surface area contributed by atoms with Gasteiger partial charge in [-0.1, -0.05) is 57.5 Å². The number of anilines is 1. The van der Waals surface area contributed by atoms with Crippen molar-refractivity contribution in [3.8, 4) is 11.1 Å². The lowest BCUT2D eigenvalue weighted by Crippen LogP contribution is -2.35. The van der Waals surface area contributed by atoms with Gasteiger partial charge in [0.25, 0.3) is 0 Å². The summed E-state index contributed by atoms with van der Waals surface area (Å²) in [6.45, 7) is 23.2. The van der Waals surface area contributed by atoms with Crippen molar-refractivity contribution < 1.29 is 19.0 Å². The van der Waals surface area contributed by atoms with Crippen molar-refractivity contribution in [2.45, 2.75) is 90.1 Å². The van der Waals surface area contributed by atoms with E-state index in [2.05, 4.69) is 62.4 Å². The Morgan fingerprint density at radius 2 is 1.62 bits per heavy atom. The topological polar surface area (TPSA) is 94.3 Å². The van der Waals surface area contributed by atoms with Crippen molar-refractivity contribution >= 4 is 44.6 Å². The Labute approximate surface area is 287 Å². The number of hydrogen-bond acceptors (Lipinski definition) is 8. The Morgan fingerprint density at radius 3 is 2.27 bits per heavy atom. The fourth-order valence-electron chi connectivity index (χ4n) is 5.59. The maximum atomic E-state index is 13.0. The number of carbonyl (C=O) groups is 1. The van der Waals surface area contributed by atoms with Gasteiger partial charge >= 0.3 is 6.09 Å². The molecule has 1 aliphatic heterocycles. The van der Waals surface area contributed by atoms with E-state index in [0.717, 1.165) is 57.7 Å². The molecule has 12 heteroatoms. The van der Waals surface area contributed by atoms with Crippen molar-refractivity contribution in [3.05, 3.63) is 54.5 Å². The largest absolute Gasteiger partial charge is 0.444 e. The quantitative estimate of drug-likeness (QED) is 0.0790. The molecule has 1 aliphatic rings. The number of amides is 1. The molecule has 48 heavy (non-hydrogen) atoms. The second-order valence-corrected chi connectivity index (χ2v) is 27.6. The zero-order valence-electron chi connectivity index (χ0n) is 30.4. The minimum Gasteiger partial charge on any atom is -0.444 e. The molecule has 0 radical (unpaired) electrons. The number of fused-ring (bicyclic) bond motifs is 2. The maximum absolute atomic E-state index is 13.0. The van der Waals surface area contributed by atoms with Crippen LogP contribution in [0.1, 0.15) is 38.8 Å². The highest BCUT2D eigenvalue weighted by Crippen LogP contribution is 2.34. The van der Waals surface area contributed by atoms with Crippen molar-refractivity contribution in [2.75, 3.05) is 44.7 Å². The number of ether oxygens (including phenoxy) is 3.